The summed E-state index contributed by atoms with van der Waals surface area (Å²) in [5, 5.41) is 0. The van der Waals surface area contributed by atoms with Crippen molar-refractivity contribution in [2.45, 2.75) is 81.6 Å². The number of aryl methyl sites for hydroxylation is 7. The first-order valence-corrected chi connectivity index (χ1v) is 23.8. The molecule has 13 heteroatoms. The SMILES string of the molecule is CC(=O)c1nc(C)nc2c1nc(C)n2-c1cccc(C)c1-n1c2ccccc2n2c(C)ccc12.CC(=O)c1nc(C)nc2c1nc(C)n2-c1cccc(C)c1N1c2ccccc2C(C)(C)c2ccccc21. The van der Waals surface area contributed by atoms with Crippen molar-refractivity contribution in [1.82, 2.24) is 48.0 Å². The lowest BCUT2D eigenvalue weighted by Gasteiger charge is -2.43. The number of imidazole rings is 3. The molecular weight excluding hydrogens is 883 g/mol. The fourth-order valence-corrected chi connectivity index (χ4v) is 10.8. The topological polar surface area (TPSA) is 134 Å². The highest BCUT2D eigenvalue weighted by Gasteiger charge is 2.38. The van der Waals surface area contributed by atoms with E-state index in [4.69, 9.17) is 19.9 Å². The molecule has 71 heavy (non-hydrogen) atoms. The number of anilines is 3. The minimum absolute atomic E-state index is 0.119. The van der Waals surface area contributed by atoms with Crippen molar-refractivity contribution < 1.29 is 9.59 Å². The molecular formula is C58H53N11O2. The van der Waals surface area contributed by atoms with E-state index >= 15 is 0 Å². The van der Waals surface area contributed by atoms with Gasteiger partial charge in [-0.2, -0.15) is 0 Å². The molecule has 0 atom stereocenters. The van der Waals surface area contributed by atoms with Gasteiger partial charge in [-0.1, -0.05) is 86.6 Å². The molecule has 12 rings (SSSR count). The second-order valence-corrected chi connectivity index (χ2v) is 19.1. The van der Waals surface area contributed by atoms with Gasteiger partial charge in [0.15, 0.2) is 22.9 Å². The summed E-state index contributed by atoms with van der Waals surface area (Å²) in [5.74, 6) is 2.36. The summed E-state index contributed by atoms with van der Waals surface area (Å²) < 4.78 is 8.69. The van der Waals surface area contributed by atoms with E-state index in [-0.39, 0.29) is 17.0 Å². The molecule has 0 spiro atoms. The predicted molar refractivity (Wildman–Crippen MR) is 281 cm³/mol. The van der Waals surface area contributed by atoms with E-state index in [1.165, 1.54) is 30.7 Å². The molecule has 6 aromatic heterocycles. The molecule has 1 aliphatic rings. The molecule has 0 saturated carbocycles. The zero-order valence-electron chi connectivity index (χ0n) is 41.8. The highest BCUT2D eigenvalue weighted by Crippen LogP contribution is 2.53. The number of Topliss-reactive ketones (excluding diaryl/α,β-unsaturated/α-hetero) is 2. The van der Waals surface area contributed by atoms with Crippen LogP contribution in [0.25, 0.3) is 56.1 Å². The van der Waals surface area contributed by atoms with Crippen molar-refractivity contribution >= 4 is 67.6 Å². The van der Waals surface area contributed by atoms with Crippen molar-refractivity contribution in [3.8, 4) is 17.1 Å². The molecule has 0 amide bonds. The number of ketones is 2. The molecule has 5 aromatic carbocycles. The van der Waals surface area contributed by atoms with Gasteiger partial charge in [0.25, 0.3) is 0 Å². The number of aromatic nitrogens is 10. The Balaban J connectivity index is 0.000000155. The fraction of sp³-hybridized carbons (Fsp3) is 0.207. The third kappa shape index (κ3) is 6.89. The lowest BCUT2D eigenvalue weighted by molar-refractivity contribution is 0.100. The molecule has 0 fully saturated rings. The molecule has 0 saturated heterocycles. The highest BCUT2D eigenvalue weighted by molar-refractivity contribution is 6.04. The number of benzene rings is 5. The van der Waals surface area contributed by atoms with E-state index in [1.54, 1.807) is 0 Å². The number of fused-ring (bicyclic) bond motifs is 7. The maximum Gasteiger partial charge on any atom is 0.180 e. The Morgan fingerprint density at radius 3 is 1.42 bits per heavy atom. The van der Waals surface area contributed by atoms with Crippen molar-refractivity contribution in [2.24, 2.45) is 0 Å². The number of rotatable bonds is 6. The smallest absolute Gasteiger partial charge is 0.180 e. The van der Waals surface area contributed by atoms with Crippen molar-refractivity contribution in [3.63, 3.8) is 0 Å². The summed E-state index contributed by atoms with van der Waals surface area (Å²) in [6.07, 6.45) is 0. The van der Waals surface area contributed by atoms with Crippen LogP contribution in [0, 0.1) is 48.5 Å². The lowest BCUT2D eigenvalue weighted by atomic mass is 9.73. The second kappa shape index (κ2) is 16.5. The van der Waals surface area contributed by atoms with E-state index in [9.17, 15) is 9.59 Å². The molecule has 0 N–H and O–H groups in total. The normalized spacial score (nSPS) is 12.9. The quantitative estimate of drug-likeness (QED) is 0.149. The molecule has 352 valence electrons. The largest absolute Gasteiger partial charge is 0.308 e. The van der Waals surface area contributed by atoms with Gasteiger partial charge in [-0.25, -0.2) is 29.9 Å². The third-order valence-corrected chi connectivity index (χ3v) is 13.9. The molecule has 0 unspecified atom stereocenters. The summed E-state index contributed by atoms with van der Waals surface area (Å²) in [7, 11) is 0. The van der Waals surface area contributed by atoms with Crippen LogP contribution in [-0.4, -0.2) is 59.6 Å². The zero-order chi connectivity index (χ0) is 49.8. The Kier molecular flexibility index (Phi) is 10.5. The Morgan fingerprint density at radius 2 is 0.901 bits per heavy atom. The minimum Gasteiger partial charge on any atom is -0.308 e. The van der Waals surface area contributed by atoms with Crippen LogP contribution in [0.1, 0.15) is 99.9 Å². The van der Waals surface area contributed by atoms with Crippen LogP contribution in [0.3, 0.4) is 0 Å². The zero-order valence-corrected chi connectivity index (χ0v) is 41.8. The van der Waals surface area contributed by atoms with Gasteiger partial charge in [0.05, 0.1) is 45.2 Å². The van der Waals surface area contributed by atoms with Gasteiger partial charge >= 0.3 is 0 Å². The van der Waals surface area contributed by atoms with Gasteiger partial charge in [0.1, 0.15) is 51.4 Å². The Hall–Kier alpha value is -8.58. The standard InChI is InChI=1S/C31H29N5O.C27H24N6O/c1-18-12-11-17-26(35-21(4)34-28-27(19(2)37)32-20(3)33-30(28)35)29(18)36-24-15-9-7-13-22(24)31(5,6)23-14-8-10-16-25(23)36;1-15-9-8-12-22(32-19(5)30-25-24(17(3)34)28-18(4)29-27(25)32)26(15)33-21-11-7-6-10-20(21)31-16(2)13-14-23(31)33/h7-17H,1-6H3;6-14H,1-5H3. The van der Waals surface area contributed by atoms with Gasteiger partial charge in [-0.15, -0.1) is 0 Å². The first kappa shape index (κ1) is 44.9. The first-order chi connectivity index (χ1) is 34.1. The van der Waals surface area contributed by atoms with Crippen molar-refractivity contribution in [2.75, 3.05) is 4.90 Å². The van der Waals surface area contributed by atoms with Crippen molar-refractivity contribution in [1.29, 1.82) is 0 Å². The Morgan fingerprint density at radius 1 is 0.451 bits per heavy atom. The minimum atomic E-state index is -0.148. The van der Waals surface area contributed by atoms with Crippen LogP contribution in [0.2, 0.25) is 0 Å². The maximum absolute atomic E-state index is 12.4. The molecule has 11 aromatic rings. The number of para-hydroxylation sites is 6. The number of carbonyl (C=O) groups is 2. The average Bonchev–Trinajstić information content (AvgIpc) is 4.08. The molecule has 0 bridgehead atoms. The summed E-state index contributed by atoms with van der Waals surface area (Å²) in [6.45, 7) is 21.5. The maximum atomic E-state index is 12.4. The van der Waals surface area contributed by atoms with Crippen LogP contribution in [0.15, 0.2) is 121 Å². The van der Waals surface area contributed by atoms with Crippen LogP contribution >= 0.6 is 0 Å². The van der Waals surface area contributed by atoms with Gasteiger partial charge < -0.3 is 4.90 Å². The summed E-state index contributed by atoms with van der Waals surface area (Å²) in [5.41, 5.74) is 18.6. The fourth-order valence-electron chi connectivity index (χ4n) is 10.8. The molecule has 0 aliphatic carbocycles. The van der Waals surface area contributed by atoms with Gasteiger partial charge in [-0.3, -0.25) is 27.7 Å². The second-order valence-electron chi connectivity index (χ2n) is 19.1. The van der Waals surface area contributed by atoms with E-state index in [0.29, 0.717) is 45.4 Å². The van der Waals surface area contributed by atoms with Crippen LogP contribution in [0.4, 0.5) is 17.1 Å². The molecule has 0 radical (unpaired) electrons. The Labute approximate surface area is 411 Å². The number of hydrogen-bond donors (Lipinski definition) is 0. The first-order valence-electron chi connectivity index (χ1n) is 23.8. The number of nitrogens with zero attached hydrogens (tertiary/aromatic N) is 11. The summed E-state index contributed by atoms with van der Waals surface area (Å²) >= 11 is 0. The summed E-state index contributed by atoms with van der Waals surface area (Å²) in [4.78, 5) is 54.9. The van der Waals surface area contributed by atoms with Gasteiger partial charge in [0, 0.05) is 25.0 Å². The third-order valence-electron chi connectivity index (χ3n) is 13.9. The monoisotopic (exact) mass is 935 g/mol. The van der Waals surface area contributed by atoms with Gasteiger partial charge in [-0.05, 0) is 119 Å². The highest BCUT2D eigenvalue weighted by atomic mass is 16.1. The van der Waals surface area contributed by atoms with Gasteiger partial charge in [0.2, 0.25) is 0 Å². The van der Waals surface area contributed by atoms with E-state index in [1.807, 2.05) is 38.3 Å². The number of carbonyl (C=O) groups excluding carboxylic acids is 2. The molecule has 13 nitrogen and oxygen atoms in total. The van der Waals surface area contributed by atoms with E-state index in [0.717, 1.165) is 73.6 Å². The predicted octanol–water partition coefficient (Wildman–Crippen LogP) is 12.5. The lowest BCUT2D eigenvalue weighted by Crippen LogP contribution is -2.31. The number of hydrogen-bond acceptors (Lipinski definition) is 9. The molecule has 7 heterocycles. The molecule has 1 aliphatic heterocycles. The Bertz CT molecular complexity index is 3980. The van der Waals surface area contributed by atoms with E-state index < -0.39 is 0 Å². The van der Waals surface area contributed by atoms with Crippen LogP contribution in [0.5, 0.6) is 0 Å². The van der Waals surface area contributed by atoms with Crippen LogP contribution in [-0.2, 0) is 5.41 Å². The van der Waals surface area contributed by atoms with Crippen LogP contribution < -0.4 is 4.90 Å². The summed E-state index contributed by atoms with van der Waals surface area (Å²) in [6, 6.07) is 42.6. The van der Waals surface area contributed by atoms with E-state index in [2.05, 4.69) is 178 Å². The van der Waals surface area contributed by atoms with Crippen molar-refractivity contribution in [3.05, 3.63) is 184 Å². The average molecular weight is 936 g/mol.